The van der Waals surface area contributed by atoms with Gasteiger partial charge in [-0.25, -0.2) is 0 Å². The highest BCUT2D eigenvalue weighted by atomic mass is 16.3. The lowest BCUT2D eigenvalue weighted by atomic mass is 9.86. The van der Waals surface area contributed by atoms with E-state index >= 15 is 0 Å². The van der Waals surface area contributed by atoms with Crippen LogP contribution in [0.4, 0.5) is 0 Å². The van der Waals surface area contributed by atoms with Crippen LogP contribution in [0.1, 0.15) is 44.7 Å². The van der Waals surface area contributed by atoms with Crippen LogP contribution in [0.5, 0.6) is 0 Å². The molecule has 1 rings (SSSR count). The van der Waals surface area contributed by atoms with E-state index in [0.717, 1.165) is 5.56 Å². The van der Waals surface area contributed by atoms with E-state index in [0.29, 0.717) is 19.3 Å². The van der Waals surface area contributed by atoms with Gasteiger partial charge in [-0.05, 0) is 35.8 Å². The van der Waals surface area contributed by atoms with Crippen LogP contribution < -0.4 is 0 Å². The summed E-state index contributed by atoms with van der Waals surface area (Å²) in [6.07, 6.45) is 1.66. The van der Waals surface area contributed by atoms with E-state index in [1.165, 1.54) is 5.56 Å². The molecule has 0 saturated carbocycles. The Hall–Kier alpha value is -0.860. The smallest absolute Gasteiger partial charge is 0.0581 e. The van der Waals surface area contributed by atoms with E-state index in [9.17, 15) is 5.11 Å². The highest BCUT2D eigenvalue weighted by molar-refractivity contribution is 5.27. The fourth-order valence-corrected chi connectivity index (χ4v) is 1.84. The van der Waals surface area contributed by atoms with E-state index < -0.39 is 0 Å². The third-order valence-electron chi connectivity index (χ3n) is 2.99. The van der Waals surface area contributed by atoms with Crippen molar-refractivity contribution >= 4 is 0 Å². The van der Waals surface area contributed by atoms with Gasteiger partial charge in [-0.15, -0.1) is 0 Å². The topological polar surface area (TPSA) is 40.5 Å². The van der Waals surface area contributed by atoms with Gasteiger partial charge in [0.15, 0.2) is 0 Å². The van der Waals surface area contributed by atoms with Crippen molar-refractivity contribution < 1.29 is 10.2 Å². The summed E-state index contributed by atoms with van der Waals surface area (Å²) in [5.74, 6) is 0. The summed E-state index contributed by atoms with van der Waals surface area (Å²) >= 11 is 0. The molecule has 1 aromatic rings. The Morgan fingerprint density at radius 2 is 1.71 bits per heavy atom. The van der Waals surface area contributed by atoms with Gasteiger partial charge in [0.05, 0.1) is 6.10 Å². The molecule has 2 heteroatoms. The minimum Gasteiger partial charge on any atom is -0.396 e. The molecule has 0 heterocycles. The number of benzene rings is 1. The molecule has 0 aromatic heterocycles. The molecule has 0 aliphatic rings. The van der Waals surface area contributed by atoms with Gasteiger partial charge < -0.3 is 10.2 Å². The van der Waals surface area contributed by atoms with Gasteiger partial charge >= 0.3 is 0 Å². The first kappa shape index (κ1) is 14.2. The largest absolute Gasteiger partial charge is 0.396 e. The Morgan fingerprint density at radius 1 is 1.12 bits per heavy atom. The lowest BCUT2D eigenvalue weighted by Crippen LogP contribution is -2.13. The molecule has 0 spiro atoms. The Balaban J connectivity index is 2.56. The number of aliphatic hydroxyl groups excluding tert-OH is 2. The first-order chi connectivity index (χ1) is 7.93. The number of aliphatic hydroxyl groups is 2. The normalized spacial score (nSPS) is 13.7. The van der Waals surface area contributed by atoms with Gasteiger partial charge in [-0.3, -0.25) is 0 Å². The summed E-state index contributed by atoms with van der Waals surface area (Å²) in [5, 5.41) is 18.4. The first-order valence-electron chi connectivity index (χ1n) is 6.32. The highest BCUT2D eigenvalue weighted by Crippen LogP contribution is 2.22. The maximum Gasteiger partial charge on any atom is 0.0581 e. The SMILES string of the molecule is CC(C)(C)c1ccc(CC(O)CCCO)cc1. The Morgan fingerprint density at radius 3 is 2.18 bits per heavy atom. The molecule has 1 unspecified atom stereocenters. The Labute approximate surface area is 104 Å². The zero-order chi connectivity index (χ0) is 12.9. The van der Waals surface area contributed by atoms with Crippen LogP contribution in [-0.2, 0) is 11.8 Å². The summed E-state index contributed by atoms with van der Waals surface area (Å²) in [6.45, 7) is 6.73. The average Bonchev–Trinajstić information content (AvgIpc) is 2.26. The van der Waals surface area contributed by atoms with Crippen molar-refractivity contribution in [2.45, 2.75) is 51.6 Å². The third-order valence-corrected chi connectivity index (χ3v) is 2.99. The molecule has 0 bridgehead atoms. The van der Waals surface area contributed by atoms with Gasteiger partial charge in [0, 0.05) is 6.61 Å². The number of rotatable bonds is 5. The standard InChI is InChI=1S/C15H24O2/c1-15(2,3)13-8-6-12(7-9-13)11-14(17)5-4-10-16/h6-9,14,16-17H,4-5,10-11H2,1-3H3. The van der Waals surface area contributed by atoms with E-state index in [-0.39, 0.29) is 18.1 Å². The van der Waals surface area contributed by atoms with Gasteiger partial charge in [-0.2, -0.15) is 0 Å². The maximum absolute atomic E-state index is 9.75. The zero-order valence-corrected chi connectivity index (χ0v) is 11.1. The molecule has 0 aliphatic carbocycles. The molecule has 0 radical (unpaired) electrons. The fourth-order valence-electron chi connectivity index (χ4n) is 1.84. The molecule has 0 saturated heterocycles. The minimum atomic E-state index is -0.345. The van der Waals surface area contributed by atoms with Gasteiger partial charge in [-0.1, -0.05) is 45.0 Å². The molecular weight excluding hydrogens is 212 g/mol. The van der Waals surface area contributed by atoms with Crippen molar-refractivity contribution in [2.75, 3.05) is 6.61 Å². The van der Waals surface area contributed by atoms with Crippen LogP contribution >= 0.6 is 0 Å². The second-order valence-corrected chi connectivity index (χ2v) is 5.67. The summed E-state index contributed by atoms with van der Waals surface area (Å²) in [5.41, 5.74) is 2.64. The van der Waals surface area contributed by atoms with Crippen LogP contribution in [0.2, 0.25) is 0 Å². The Kier molecular flexibility index (Phi) is 5.16. The predicted octanol–water partition coefficient (Wildman–Crippen LogP) is 2.66. The van der Waals surface area contributed by atoms with E-state index in [2.05, 4.69) is 45.0 Å². The fraction of sp³-hybridized carbons (Fsp3) is 0.600. The average molecular weight is 236 g/mol. The van der Waals surface area contributed by atoms with Crippen molar-refractivity contribution in [1.82, 2.24) is 0 Å². The van der Waals surface area contributed by atoms with Crippen LogP contribution in [0.3, 0.4) is 0 Å². The van der Waals surface area contributed by atoms with E-state index in [1.54, 1.807) is 0 Å². The van der Waals surface area contributed by atoms with Crippen LogP contribution in [0, 0.1) is 0 Å². The van der Waals surface area contributed by atoms with Crippen LogP contribution in [-0.4, -0.2) is 22.9 Å². The molecule has 96 valence electrons. The molecule has 1 aromatic carbocycles. The predicted molar refractivity (Wildman–Crippen MR) is 71.2 cm³/mol. The summed E-state index contributed by atoms with van der Waals surface area (Å²) in [7, 11) is 0. The molecule has 0 fully saturated rings. The molecule has 0 aliphatic heterocycles. The lowest BCUT2D eigenvalue weighted by Gasteiger charge is -2.19. The lowest BCUT2D eigenvalue weighted by molar-refractivity contribution is 0.150. The third kappa shape index (κ3) is 4.88. The molecule has 2 nitrogen and oxygen atoms in total. The summed E-state index contributed by atoms with van der Waals surface area (Å²) < 4.78 is 0. The molecule has 2 N–H and O–H groups in total. The summed E-state index contributed by atoms with van der Waals surface area (Å²) in [6, 6.07) is 8.44. The van der Waals surface area contributed by atoms with Gasteiger partial charge in [0.2, 0.25) is 0 Å². The second-order valence-electron chi connectivity index (χ2n) is 5.67. The zero-order valence-electron chi connectivity index (χ0n) is 11.1. The number of hydrogen-bond donors (Lipinski definition) is 2. The molecule has 0 amide bonds. The van der Waals surface area contributed by atoms with Gasteiger partial charge in [0.25, 0.3) is 0 Å². The highest BCUT2D eigenvalue weighted by Gasteiger charge is 2.13. The molecule has 1 atom stereocenters. The molecular formula is C15H24O2. The maximum atomic E-state index is 9.75. The van der Waals surface area contributed by atoms with Crippen molar-refractivity contribution in [2.24, 2.45) is 0 Å². The number of hydrogen-bond acceptors (Lipinski definition) is 2. The minimum absolute atomic E-state index is 0.153. The van der Waals surface area contributed by atoms with Crippen molar-refractivity contribution in [3.63, 3.8) is 0 Å². The van der Waals surface area contributed by atoms with Crippen molar-refractivity contribution in [3.05, 3.63) is 35.4 Å². The molecule has 17 heavy (non-hydrogen) atoms. The quantitative estimate of drug-likeness (QED) is 0.825. The van der Waals surface area contributed by atoms with E-state index in [1.807, 2.05) is 0 Å². The monoisotopic (exact) mass is 236 g/mol. The van der Waals surface area contributed by atoms with Gasteiger partial charge in [0.1, 0.15) is 0 Å². The van der Waals surface area contributed by atoms with Crippen LogP contribution in [0.25, 0.3) is 0 Å². The van der Waals surface area contributed by atoms with Crippen LogP contribution in [0.15, 0.2) is 24.3 Å². The van der Waals surface area contributed by atoms with Crippen molar-refractivity contribution in [1.29, 1.82) is 0 Å². The first-order valence-corrected chi connectivity index (χ1v) is 6.32. The Bertz CT molecular complexity index is 322. The summed E-state index contributed by atoms with van der Waals surface area (Å²) in [4.78, 5) is 0. The second kappa shape index (κ2) is 6.18. The van der Waals surface area contributed by atoms with E-state index in [4.69, 9.17) is 5.11 Å². The van der Waals surface area contributed by atoms with Crippen molar-refractivity contribution in [3.8, 4) is 0 Å².